The van der Waals surface area contributed by atoms with Gasteiger partial charge in [-0.1, -0.05) is 19.1 Å². The molecule has 2 rings (SSSR count). The lowest BCUT2D eigenvalue weighted by Gasteiger charge is -2.37. The monoisotopic (exact) mass is 250 g/mol. The zero-order valence-corrected chi connectivity index (χ0v) is 11.6. The minimum Gasteiger partial charge on any atom is -0.496 e. The molecular formula is C15H22O3. The van der Waals surface area contributed by atoms with Crippen LogP contribution in [0.15, 0.2) is 18.2 Å². The molecule has 1 N–H and O–H groups in total. The van der Waals surface area contributed by atoms with Gasteiger partial charge in [-0.2, -0.15) is 0 Å². The molecule has 0 radical (unpaired) electrons. The molecular weight excluding hydrogens is 228 g/mol. The predicted molar refractivity (Wildman–Crippen MR) is 70.9 cm³/mol. The minimum absolute atomic E-state index is 0.583. The molecule has 1 aromatic rings. The van der Waals surface area contributed by atoms with Gasteiger partial charge in [-0.05, 0) is 31.9 Å². The quantitative estimate of drug-likeness (QED) is 0.892. The van der Waals surface area contributed by atoms with Crippen molar-refractivity contribution >= 4 is 0 Å². The highest BCUT2D eigenvalue weighted by Crippen LogP contribution is 2.49. The predicted octanol–water partition coefficient (Wildman–Crippen LogP) is 2.64. The fourth-order valence-electron chi connectivity index (χ4n) is 2.77. The summed E-state index contributed by atoms with van der Waals surface area (Å²) < 4.78 is 11.3. The first kappa shape index (κ1) is 13.4. The number of aliphatic hydroxyl groups is 1. The van der Waals surface area contributed by atoms with Crippen molar-refractivity contribution in [3.8, 4) is 5.75 Å². The molecule has 2 unspecified atom stereocenters. The Hall–Kier alpha value is -1.06. The number of ether oxygens (including phenoxy) is 2. The molecule has 0 amide bonds. The Morgan fingerprint density at radius 1 is 1.33 bits per heavy atom. The van der Waals surface area contributed by atoms with Crippen LogP contribution in [-0.4, -0.2) is 24.4 Å². The Morgan fingerprint density at radius 3 is 2.67 bits per heavy atom. The van der Waals surface area contributed by atoms with Crippen LogP contribution < -0.4 is 4.74 Å². The van der Waals surface area contributed by atoms with Crippen molar-refractivity contribution in [1.29, 1.82) is 0 Å². The normalized spacial score (nSPS) is 30.3. The van der Waals surface area contributed by atoms with Crippen LogP contribution in [0.3, 0.4) is 0 Å². The molecule has 100 valence electrons. The summed E-state index contributed by atoms with van der Waals surface area (Å²) in [7, 11) is 1.63. The second-order valence-electron chi connectivity index (χ2n) is 5.32. The summed E-state index contributed by atoms with van der Waals surface area (Å²) in [5.41, 5.74) is 0.369. The average molecular weight is 250 g/mol. The third kappa shape index (κ3) is 1.82. The number of rotatable bonds is 4. The van der Waals surface area contributed by atoms with Gasteiger partial charge in [-0.15, -0.1) is 0 Å². The van der Waals surface area contributed by atoms with Crippen LogP contribution in [0, 0.1) is 0 Å². The molecule has 3 nitrogen and oxygen atoms in total. The Bertz CT molecular complexity index is 439. The molecule has 2 atom stereocenters. The topological polar surface area (TPSA) is 38.7 Å². The first-order valence-electron chi connectivity index (χ1n) is 6.49. The van der Waals surface area contributed by atoms with E-state index in [1.54, 1.807) is 7.11 Å². The summed E-state index contributed by atoms with van der Waals surface area (Å²) in [6.45, 7) is 6.52. The number of methoxy groups -OCH3 is 1. The van der Waals surface area contributed by atoms with Crippen molar-refractivity contribution in [2.75, 3.05) is 13.7 Å². The molecule has 0 aromatic heterocycles. The first-order valence-corrected chi connectivity index (χ1v) is 6.49. The van der Waals surface area contributed by atoms with Crippen LogP contribution in [0.2, 0.25) is 0 Å². The fourth-order valence-corrected chi connectivity index (χ4v) is 2.77. The van der Waals surface area contributed by atoms with Crippen LogP contribution in [0.1, 0.15) is 38.3 Å². The van der Waals surface area contributed by atoms with Gasteiger partial charge in [0.25, 0.3) is 0 Å². The van der Waals surface area contributed by atoms with E-state index in [4.69, 9.17) is 9.47 Å². The average Bonchev–Trinajstić information content (AvgIpc) is 2.55. The summed E-state index contributed by atoms with van der Waals surface area (Å²) >= 11 is 0. The Balaban J connectivity index is 2.44. The number of fused-ring (bicyclic) bond motifs is 1. The van der Waals surface area contributed by atoms with Gasteiger partial charge in [0, 0.05) is 18.6 Å². The summed E-state index contributed by atoms with van der Waals surface area (Å²) in [5.74, 6) is 0.737. The molecule has 1 aliphatic carbocycles. The van der Waals surface area contributed by atoms with E-state index in [0.29, 0.717) is 13.0 Å². The van der Waals surface area contributed by atoms with Gasteiger partial charge in [0.2, 0.25) is 0 Å². The molecule has 0 bridgehead atoms. The van der Waals surface area contributed by atoms with E-state index in [-0.39, 0.29) is 0 Å². The first-order chi connectivity index (χ1) is 8.46. The van der Waals surface area contributed by atoms with E-state index in [1.807, 2.05) is 32.0 Å². The molecule has 3 heteroatoms. The summed E-state index contributed by atoms with van der Waals surface area (Å²) in [5, 5.41) is 10.9. The number of hydrogen-bond acceptors (Lipinski definition) is 3. The summed E-state index contributed by atoms with van der Waals surface area (Å²) in [4.78, 5) is 0. The zero-order chi connectivity index (χ0) is 13.4. The van der Waals surface area contributed by atoms with Crippen molar-refractivity contribution in [3.05, 3.63) is 29.3 Å². The van der Waals surface area contributed by atoms with E-state index < -0.39 is 11.2 Å². The molecule has 0 saturated carbocycles. The number of benzene rings is 1. The van der Waals surface area contributed by atoms with Crippen LogP contribution in [0.5, 0.6) is 5.75 Å². The number of hydrogen-bond donors (Lipinski definition) is 1. The molecule has 0 fully saturated rings. The fraction of sp³-hybridized carbons (Fsp3) is 0.600. The van der Waals surface area contributed by atoms with E-state index in [0.717, 1.165) is 23.3 Å². The molecule has 1 aromatic carbocycles. The maximum atomic E-state index is 10.9. The zero-order valence-electron chi connectivity index (χ0n) is 11.6. The molecule has 0 spiro atoms. The van der Waals surface area contributed by atoms with Crippen LogP contribution >= 0.6 is 0 Å². The minimum atomic E-state index is -1.02. The van der Waals surface area contributed by atoms with Crippen molar-refractivity contribution in [2.45, 2.75) is 44.8 Å². The van der Waals surface area contributed by atoms with E-state index >= 15 is 0 Å². The summed E-state index contributed by atoms with van der Waals surface area (Å²) in [6, 6.07) is 5.88. The standard InChI is InChI=1S/C15H22O3/c1-5-9-18-14(2)10-11-7-6-8-12(17-4)13(11)15(14,3)16/h6-8,16H,5,9-10H2,1-4H3. The van der Waals surface area contributed by atoms with Crippen molar-refractivity contribution in [3.63, 3.8) is 0 Å². The van der Waals surface area contributed by atoms with E-state index in [1.165, 1.54) is 0 Å². The maximum Gasteiger partial charge on any atom is 0.125 e. The van der Waals surface area contributed by atoms with Gasteiger partial charge in [0.1, 0.15) is 17.0 Å². The molecule has 1 aliphatic rings. The molecule has 0 saturated heterocycles. The van der Waals surface area contributed by atoms with E-state index in [9.17, 15) is 5.11 Å². The van der Waals surface area contributed by atoms with Gasteiger partial charge >= 0.3 is 0 Å². The van der Waals surface area contributed by atoms with Crippen molar-refractivity contribution in [1.82, 2.24) is 0 Å². The third-order valence-electron chi connectivity index (χ3n) is 4.00. The highest BCUT2D eigenvalue weighted by atomic mass is 16.5. The lowest BCUT2D eigenvalue weighted by atomic mass is 9.86. The second kappa shape index (κ2) is 4.56. The third-order valence-corrected chi connectivity index (χ3v) is 4.00. The Labute approximate surface area is 109 Å². The SMILES string of the molecule is CCCOC1(C)Cc2cccc(OC)c2C1(C)O. The van der Waals surface area contributed by atoms with Crippen LogP contribution in [-0.2, 0) is 16.8 Å². The van der Waals surface area contributed by atoms with Gasteiger partial charge < -0.3 is 14.6 Å². The van der Waals surface area contributed by atoms with Gasteiger partial charge in [0.15, 0.2) is 0 Å². The highest BCUT2D eigenvalue weighted by Gasteiger charge is 2.53. The summed E-state index contributed by atoms with van der Waals surface area (Å²) in [6.07, 6.45) is 1.66. The second-order valence-corrected chi connectivity index (χ2v) is 5.32. The smallest absolute Gasteiger partial charge is 0.125 e. The molecule has 0 heterocycles. The lowest BCUT2D eigenvalue weighted by Crippen LogP contribution is -2.46. The van der Waals surface area contributed by atoms with E-state index in [2.05, 4.69) is 6.92 Å². The van der Waals surface area contributed by atoms with Gasteiger partial charge in [-0.25, -0.2) is 0 Å². The lowest BCUT2D eigenvalue weighted by molar-refractivity contribution is -0.161. The molecule has 18 heavy (non-hydrogen) atoms. The van der Waals surface area contributed by atoms with Crippen molar-refractivity contribution < 1.29 is 14.6 Å². The largest absolute Gasteiger partial charge is 0.496 e. The maximum absolute atomic E-state index is 10.9. The Kier molecular flexibility index (Phi) is 3.39. The van der Waals surface area contributed by atoms with Gasteiger partial charge in [0.05, 0.1) is 7.11 Å². The highest BCUT2D eigenvalue weighted by molar-refractivity contribution is 5.50. The molecule has 0 aliphatic heterocycles. The van der Waals surface area contributed by atoms with Crippen LogP contribution in [0.4, 0.5) is 0 Å². The Morgan fingerprint density at radius 2 is 2.06 bits per heavy atom. The van der Waals surface area contributed by atoms with Crippen LogP contribution in [0.25, 0.3) is 0 Å². The van der Waals surface area contributed by atoms with Gasteiger partial charge in [-0.3, -0.25) is 0 Å². The van der Waals surface area contributed by atoms with Crippen molar-refractivity contribution in [2.24, 2.45) is 0 Å².